The van der Waals surface area contributed by atoms with Crippen molar-refractivity contribution in [1.82, 2.24) is 29.5 Å². The molecule has 0 bridgehead atoms. The van der Waals surface area contributed by atoms with Crippen LogP contribution >= 0.6 is 11.3 Å². The number of carbonyl (C=O) groups is 1. The van der Waals surface area contributed by atoms with E-state index < -0.39 is 0 Å². The van der Waals surface area contributed by atoms with Crippen LogP contribution in [0.5, 0.6) is 0 Å². The van der Waals surface area contributed by atoms with Gasteiger partial charge in [0.25, 0.3) is 0 Å². The first-order valence-electron chi connectivity index (χ1n) is 13.8. The molecule has 1 saturated carbocycles. The predicted molar refractivity (Wildman–Crippen MR) is 147 cm³/mol. The number of anilines is 1. The first-order valence-corrected chi connectivity index (χ1v) is 14.6. The summed E-state index contributed by atoms with van der Waals surface area (Å²) in [5.74, 6) is 1.80. The van der Waals surface area contributed by atoms with E-state index in [-0.39, 0.29) is 6.09 Å². The van der Waals surface area contributed by atoms with Gasteiger partial charge in [0.2, 0.25) is 0 Å². The van der Waals surface area contributed by atoms with E-state index in [1.807, 2.05) is 10.9 Å². The van der Waals surface area contributed by atoms with Gasteiger partial charge in [0.05, 0.1) is 31.3 Å². The Hall–Kier alpha value is -2.76. The van der Waals surface area contributed by atoms with Crippen LogP contribution < -0.4 is 5.32 Å². The second-order valence-electron chi connectivity index (χ2n) is 10.8. The van der Waals surface area contributed by atoms with Crippen LogP contribution in [0.2, 0.25) is 0 Å². The van der Waals surface area contributed by atoms with E-state index in [4.69, 9.17) is 19.4 Å². The molecule has 204 valence electrons. The minimum absolute atomic E-state index is 0.214. The lowest BCUT2D eigenvalue weighted by molar-refractivity contribution is 0.0642. The van der Waals surface area contributed by atoms with Gasteiger partial charge in [-0.05, 0) is 55.5 Å². The number of carbonyl (C=O) groups excluding carboxylic acids is 1. The lowest BCUT2D eigenvalue weighted by atomic mass is 9.89. The van der Waals surface area contributed by atoms with Crippen molar-refractivity contribution < 1.29 is 14.3 Å². The number of fused-ring (bicyclic) bond motifs is 1. The van der Waals surface area contributed by atoms with Crippen molar-refractivity contribution in [3.8, 4) is 0 Å². The molecule has 3 aliphatic rings. The number of hydrogen-bond acceptors (Lipinski definition) is 9. The monoisotopic (exact) mass is 539 g/mol. The van der Waals surface area contributed by atoms with E-state index in [0.29, 0.717) is 24.5 Å². The highest BCUT2D eigenvalue weighted by atomic mass is 32.1. The number of aromatic nitrogens is 4. The molecule has 1 aliphatic carbocycles. The molecule has 38 heavy (non-hydrogen) atoms. The van der Waals surface area contributed by atoms with Crippen LogP contribution in [0.1, 0.15) is 55.1 Å². The molecule has 1 N–H and O–H groups in total. The summed E-state index contributed by atoms with van der Waals surface area (Å²) in [6.07, 6.45) is 10.1. The molecular weight excluding hydrogens is 502 g/mol. The molecule has 3 fully saturated rings. The molecule has 1 atom stereocenters. The number of piperazine rings is 1. The highest BCUT2D eigenvalue weighted by Crippen LogP contribution is 2.33. The second-order valence-corrected chi connectivity index (χ2v) is 11.6. The van der Waals surface area contributed by atoms with Crippen LogP contribution in [0, 0.1) is 6.92 Å². The van der Waals surface area contributed by atoms with E-state index in [0.717, 1.165) is 98.9 Å². The van der Waals surface area contributed by atoms with Gasteiger partial charge in [0.15, 0.2) is 0 Å². The molecule has 11 heteroatoms. The fraction of sp³-hybridized carbons (Fsp3) is 0.630. The third kappa shape index (κ3) is 5.37. The Kier molecular flexibility index (Phi) is 7.49. The minimum atomic E-state index is -0.214. The molecule has 3 aromatic rings. The molecular formula is C27H37N7O3S. The van der Waals surface area contributed by atoms with Crippen LogP contribution in [0.25, 0.3) is 10.2 Å². The standard InChI is InChI=1S/C27H37N7O3S/c1-18-17-38-26-24(18)25(30-23(31-26)13-19-14-28-34(15-19)22-7-12-37-16-22)29-20-3-5-21(6-4-20)32-8-10-33(11-9-32)27(35)36-2/h14-15,17,20-22H,3-13,16H2,1-2H3,(H,29,30,31)/t20?,21?,22-/m0/s1. The molecule has 2 saturated heterocycles. The van der Waals surface area contributed by atoms with Crippen molar-refractivity contribution in [3.05, 3.63) is 34.7 Å². The smallest absolute Gasteiger partial charge is 0.409 e. The van der Waals surface area contributed by atoms with Crippen molar-refractivity contribution in [2.45, 2.75) is 63.6 Å². The van der Waals surface area contributed by atoms with Crippen molar-refractivity contribution >= 4 is 33.5 Å². The van der Waals surface area contributed by atoms with Crippen LogP contribution in [-0.2, 0) is 15.9 Å². The van der Waals surface area contributed by atoms with E-state index in [1.165, 1.54) is 12.7 Å². The molecule has 0 unspecified atom stereocenters. The molecule has 6 rings (SSSR count). The van der Waals surface area contributed by atoms with E-state index in [9.17, 15) is 4.79 Å². The molecule has 3 aromatic heterocycles. The first-order chi connectivity index (χ1) is 18.6. The van der Waals surface area contributed by atoms with Gasteiger partial charge >= 0.3 is 6.09 Å². The van der Waals surface area contributed by atoms with Gasteiger partial charge in [-0.25, -0.2) is 14.8 Å². The fourth-order valence-corrected chi connectivity index (χ4v) is 7.01. The topological polar surface area (TPSA) is 97.6 Å². The number of ether oxygens (including phenoxy) is 2. The highest BCUT2D eigenvalue weighted by molar-refractivity contribution is 7.17. The van der Waals surface area contributed by atoms with Gasteiger partial charge in [0, 0.05) is 57.5 Å². The van der Waals surface area contributed by atoms with E-state index >= 15 is 0 Å². The van der Waals surface area contributed by atoms with Crippen molar-refractivity contribution in [2.24, 2.45) is 0 Å². The van der Waals surface area contributed by atoms with E-state index in [1.54, 1.807) is 16.2 Å². The predicted octanol–water partition coefficient (Wildman–Crippen LogP) is 3.86. The Morgan fingerprint density at radius 1 is 1.13 bits per heavy atom. The minimum Gasteiger partial charge on any atom is -0.453 e. The quantitative estimate of drug-likeness (QED) is 0.505. The highest BCUT2D eigenvalue weighted by Gasteiger charge is 2.30. The number of nitrogens with zero attached hydrogens (tertiary/aromatic N) is 6. The first kappa shape index (κ1) is 25.5. The number of aryl methyl sites for hydroxylation is 1. The zero-order chi connectivity index (χ0) is 26.1. The lowest BCUT2D eigenvalue weighted by Gasteiger charge is -2.41. The molecule has 1 amide bonds. The Labute approximate surface area is 227 Å². The second kappa shape index (κ2) is 11.2. The Morgan fingerprint density at radius 2 is 1.95 bits per heavy atom. The zero-order valence-electron chi connectivity index (χ0n) is 22.3. The molecule has 2 aliphatic heterocycles. The Morgan fingerprint density at radius 3 is 2.68 bits per heavy atom. The number of nitrogens with one attached hydrogen (secondary N) is 1. The van der Waals surface area contributed by atoms with Crippen LogP contribution in [-0.4, -0.2) is 94.2 Å². The Bertz CT molecular complexity index is 1250. The van der Waals surface area contributed by atoms with Crippen LogP contribution in [0.15, 0.2) is 17.8 Å². The number of rotatable bonds is 6. The fourth-order valence-electron chi connectivity index (χ4n) is 6.07. The maximum absolute atomic E-state index is 11.8. The lowest BCUT2D eigenvalue weighted by Crippen LogP contribution is -2.53. The summed E-state index contributed by atoms with van der Waals surface area (Å²) in [6, 6.07) is 1.31. The summed E-state index contributed by atoms with van der Waals surface area (Å²) in [4.78, 5) is 27.2. The van der Waals surface area contributed by atoms with Gasteiger partial charge < -0.3 is 19.7 Å². The van der Waals surface area contributed by atoms with Gasteiger partial charge in [-0.2, -0.15) is 5.10 Å². The summed E-state index contributed by atoms with van der Waals surface area (Å²) < 4.78 is 12.4. The normalized spacial score (nSPS) is 24.7. The summed E-state index contributed by atoms with van der Waals surface area (Å²) >= 11 is 1.69. The zero-order valence-corrected chi connectivity index (χ0v) is 23.1. The average molecular weight is 540 g/mol. The van der Waals surface area contributed by atoms with Crippen molar-refractivity contribution in [3.63, 3.8) is 0 Å². The molecule has 10 nitrogen and oxygen atoms in total. The number of methoxy groups -OCH3 is 1. The molecule has 0 aromatic carbocycles. The molecule has 5 heterocycles. The average Bonchev–Trinajstić information content (AvgIpc) is 3.71. The summed E-state index contributed by atoms with van der Waals surface area (Å²) in [5, 5.41) is 11.7. The summed E-state index contributed by atoms with van der Waals surface area (Å²) in [5.41, 5.74) is 2.36. The third-order valence-electron chi connectivity index (χ3n) is 8.26. The molecule has 0 spiro atoms. The SMILES string of the molecule is COC(=O)N1CCN(C2CCC(Nc3nc(Cc4cnn([C@H]5CCOC5)c4)nc4scc(C)c34)CC2)CC1. The number of hydrogen-bond donors (Lipinski definition) is 1. The summed E-state index contributed by atoms with van der Waals surface area (Å²) in [7, 11) is 1.45. The maximum atomic E-state index is 11.8. The largest absolute Gasteiger partial charge is 0.453 e. The summed E-state index contributed by atoms with van der Waals surface area (Å²) in [6.45, 7) is 7.02. The van der Waals surface area contributed by atoms with Crippen molar-refractivity contribution in [2.75, 3.05) is 51.8 Å². The maximum Gasteiger partial charge on any atom is 0.409 e. The van der Waals surface area contributed by atoms with Gasteiger partial charge in [-0.1, -0.05) is 0 Å². The van der Waals surface area contributed by atoms with Crippen LogP contribution in [0.4, 0.5) is 10.6 Å². The van der Waals surface area contributed by atoms with Crippen LogP contribution in [0.3, 0.4) is 0 Å². The number of amides is 1. The Balaban J connectivity index is 1.10. The van der Waals surface area contributed by atoms with E-state index in [2.05, 4.69) is 33.8 Å². The van der Waals surface area contributed by atoms with Crippen molar-refractivity contribution in [1.29, 1.82) is 0 Å². The van der Waals surface area contributed by atoms with Gasteiger partial charge in [-0.3, -0.25) is 9.58 Å². The number of thiophene rings is 1. The van der Waals surface area contributed by atoms with Gasteiger partial charge in [0.1, 0.15) is 16.5 Å². The van der Waals surface area contributed by atoms with Gasteiger partial charge in [-0.15, -0.1) is 11.3 Å². The molecule has 0 radical (unpaired) electrons. The third-order valence-corrected chi connectivity index (χ3v) is 9.25.